The number of aromatic hydroxyl groups is 2. The molecule has 5 heteroatoms. The summed E-state index contributed by atoms with van der Waals surface area (Å²) >= 11 is 0. The molecule has 96 valence electrons. The highest BCUT2D eigenvalue weighted by atomic mass is 16.3. The van der Waals surface area contributed by atoms with Gasteiger partial charge in [0.05, 0.1) is 6.54 Å². The molecule has 1 atom stereocenters. The van der Waals surface area contributed by atoms with Gasteiger partial charge in [-0.2, -0.15) is 0 Å². The average molecular weight is 247 g/mol. The molecule has 2 aromatic rings. The second-order valence-electron chi connectivity index (χ2n) is 4.34. The Bertz CT molecular complexity index is 517. The number of nitrogens with zero attached hydrogens (tertiary/aromatic N) is 2. The maximum absolute atomic E-state index is 9.43. The van der Waals surface area contributed by atoms with E-state index in [2.05, 4.69) is 10.3 Å². The molecule has 0 saturated carbocycles. The molecule has 0 radical (unpaired) electrons. The molecule has 0 amide bonds. The van der Waals surface area contributed by atoms with E-state index in [0.29, 0.717) is 6.54 Å². The summed E-state index contributed by atoms with van der Waals surface area (Å²) in [5.74, 6) is 1.07. The molecule has 0 bridgehead atoms. The van der Waals surface area contributed by atoms with Gasteiger partial charge in [-0.1, -0.05) is 0 Å². The predicted molar refractivity (Wildman–Crippen MR) is 68.2 cm³/mol. The highest BCUT2D eigenvalue weighted by molar-refractivity contribution is 5.37. The summed E-state index contributed by atoms with van der Waals surface area (Å²) in [5, 5.41) is 22.2. The molecule has 1 aromatic carbocycles. The average Bonchev–Trinajstić information content (AvgIpc) is 2.70. The third-order valence-electron chi connectivity index (χ3n) is 2.91. The van der Waals surface area contributed by atoms with Crippen LogP contribution in [0.15, 0.2) is 30.6 Å². The molecule has 3 N–H and O–H groups in total. The van der Waals surface area contributed by atoms with Crippen molar-refractivity contribution in [2.75, 3.05) is 0 Å². The van der Waals surface area contributed by atoms with Gasteiger partial charge in [0.2, 0.25) is 0 Å². The van der Waals surface area contributed by atoms with Crippen LogP contribution in [0.1, 0.15) is 24.4 Å². The maximum atomic E-state index is 9.43. The van der Waals surface area contributed by atoms with Crippen LogP contribution in [0.5, 0.6) is 11.5 Å². The number of hydrogen-bond acceptors (Lipinski definition) is 4. The second-order valence-corrected chi connectivity index (χ2v) is 4.34. The van der Waals surface area contributed by atoms with E-state index in [1.54, 1.807) is 18.3 Å². The summed E-state index contributed by atoms with van der Waals surface area (Å²) in [6.07, 6.45) is 3.64. The van der Waals surface area contributed by atoms with E-state index < -0.39 is 0 Å². The minimum absolute atomic E-state index is 0.0136. The van der Waals surface area contributed by atoms with E-state index in [4.69, 9.17) is 0 Å². The number of phenolic OH excluding ortho intramolecular Hbond substituents is 2. The van der Waals surface area contributed by atoms with Gasteiger partial charge in [0.25, 0.3) is 0 Å². The molecule has 0 saturated heterocycles. The van der Waals surface area contributed by atoms with E-state index in [-0.39, 0.29) is 17.5 Å². The molecule has 0 spiro atoms. The summed E-state index contributed by atoms with van der Waals surface area (Å²) in [4.78, 5) is 4.22. The SMILES string of the molecule is CC(NCc1nccn1C)c1cc(O)cc(O)c1. The Balaban J connectivity index is 2.03. The minimum atomic E-state index is 0.0136. The quantitative estimate of drug-likeness (QED) is 0.768. The summed E-state index contributed by atoms with van der Waals surface area (Å²) in [5.41, 5.74) is 0.835. The van der Waals surface area contributed by atoms with Crippen molar-refractivity contribution < 1.29 is 10.2 Å². The zero-order valence-corrected chi connectivity index (χ0v) is 10.5. The normalized spacial score (nSPS) is 12.6. The van der Waals surface area contributed by atoms with Crippen molar-refractivity contribution in [1.29, 1.82) is 0 Å². The Kier molecular flexibility index (Phi) is 3.53. The van der Waals surface area contributed by atoms with Crippen molar-refractivity contribution in [3.63, 3.8) is 0 Å². The number of aromatic nitrogens is 2. The smallest absolute Gasteiger partial charge is 0.122 e. The van der Waals surface area contributed by atoms with Crippen LogP contribution in [0.25, 0.3) is 0 Å². The Morgan fingerprint density at radius 3 is 2.50 bits per heavy atom. The van der Waals surface area contributed by atoms with Gasteiger partial charge in [-0.05, 0) is 24.6 Å². The van der Waals surface area contributed by atoms with Crippen LogP contribution in [0.4, 0.5) is 0 Å². The predicted octanol–water partition coefficient (Wildman–Crippen LogP) is 1.68. The van der Waals surface area contributed by atoms with Crippen LogP contribution >= 0.6 is 0 Å². The molecule has 2 rings (SSSR count). The summed E-state index contributed by atoms with van der Waals surface area (Å²) in [6, 6.07) is 4.60. The molecule has 1 heterocycles. The van der Waals surface area contributed by atoms with Gasteiger partial charge in [-0.15, -0.1) is 0 Å². The lowest BCUT2D eigenvalue weighted by Gasteiger charge is -2.14. The van der Waals surface area contributed by atoms with Gasteiger partial charge in [-0.3, -0.25) is 0 Å². The summed E-state index contributed by atoms with van der Waals surface area (Å²) < 4.78 is 1.94. The number of benzene rings is 1. The number of imidazole rings is 1. The Hall–Kier alpha value is -2.01. The zero-order chi connectivity index (χ0) is 13.1. The van der Waals surface area contributed by atoms with Gasteiger partial charge < -0.3 is 20.1 Å². The van der Waals surface area contributed by atoms with Crippen molar-refractivity contribution in [1.82, 2.24) is 14.9 Å². The van der Waals surface area contributed by atoms with Crippen LogP contribution in [0, 0.1) is 0 Å². The molecule has 18 heavy (non-hydrogen) atoms. The fourth-order valence-electron chi connectivity index (χ4n) is 1.80. The first kappa shape index (κ1) is 12.4. The van der Waals surface area contributed by atoms with Gasteiger partial charge >= 0.3 is 0 Å². The number of nitrogens with one attached hydrogen (secondary N) is 1. The first-order valence-electron chi connectivity index (χ1n) is 5.79. The number of phenols is 2. The molecular formula is C13H17N3O2. The molecule has 1 unspecified atom stereocenters. The van der Waals surface area contributed by atoms with Crippen molar-refractivity contribution in [2.24, 2.45) is 7.05 Å². The van der Waals surface area contributed by atoms with E-state index in [1.807, 2.05) is 24.7 Å². The molecule has 5 nitrogen and oxygen atoms in total. The first-order chi connectivity index (χ1) is 8.56. The summed E-state index contributed by atoms with van der Waals surface area (Å²) in [7, 11) is 1.94. The zero-order valence-electron chi connectivity index (χ0n) is 10.5. The van der Waals surface area contributed by atoms with E-state index >= 15 is 0 Å². The van der Waals surface area contributed by atoms with Gasteiger partial charge in [0.15, 0.2) is 0 Å². The standard InChI is InChI=1S/C13H17N3O2/c1-9(10-5-11(17)7-12(18)6-10)15-8-13-14-3-4-16(13)2/h3-7,9,15,17-18H,8H2,1-2H3. The lowest BCUT2D eigenvalue weighted by Crippen LogP contribution is -2.20. The van der Waals surface area contributed by atoms with Gasteiger partial charge in [0.1, 0.15) is 17.3 Å². The maximum Gasteiger partial charge on any atom is 0.122 e. The fraction of sp³-hybridized carbons (Fsp3) is 0.308. The first-order valence-corrected chi connectivity index (χ1v) is 5.79. The van der Waals surface area contributed by atoms with Crippen LogP contribution < -0.4 is 5.32 Å². The second kappa shape index (κ2) is 5.10. The van der Waals surface area contributed by atoms with E-state index in [9.17, 15) is 10.2 Å². The van der Waals surface area contributed by atoms with Crippen molar-refractivity contribution in [3.05, 3.63) is 42.0 Å². The highest BCUT2D eigenvalue weighted by Gasteiger charge is 2.08. The number of hydrogen-bond donors (Lipinski definition) is 3. The molecule has 1 aromatic heterocycles. The lowest BCUT2D eigenvalue weighted by atomic mass is 10.1. The third kappa shape index (κ3) is 2.81. The van der Waals surface area contributed by atoms with Crippen molar-refractivity contribution in [3.8, 4) is 11.5 Å². The lowest BCUT2D eigenvalue weighted by molar-refractivity contribution is 0.445. The van der Waals surface area contributed by atoms with Gasteiger partial charge in [0, 0.05) is 31.5 Å². The van der Waals surface area contributed by atoms with Crippen LogP contribution in [-0.2, 0) is 13.6 Å². The summed E-state index contributed by atoms with van der Waals surface area (Å²) in [6.45, 7) is 2.60. The van der Waals surface area contributed by atoms with Crippen LogP contribution in [-0.4, -0.2) is 19.8 Å². The fourth-order valence-corrected chi connectivity index (χ4v) is 1.80. The third-order valence-corrected chi connectivity index (χ3v) is 2.91. The van der Waals surface area contributed by atoms with E-state index in [0.717, 1.165) is 11.4 Å². The Morgan fingerprint density at radius 1 is 1.28 bits per heavy atom. The minimum Gasteiger partial charge on any atom is -0.508 e. The largest absolute Gasteiger partial charge is 0.508 e. The van der Waals surface area contributed by atoms with Crippen molar-refractivity contribution >= 4 is 0 Å². The molecule has 0 aliphatic carbocycles. The Morgan fingerprint density at radius 2 is 1.94 bits per heavy atom. The van der Waals surface area contributed by atoms with Crippen molar-refractivity contribution in [2.45, 2.75) is 19.5 Å². The highest BCUT2D eigenvalue weighted by Crippen LogP contribution is 2.24. The number of rotatable bonds is 4. The molecular weight excluding hydrogens is 230 g/mol. The van der Waals surface area contributed by atoms with Gasteiger partial charge in [-0.25, -0.2) is 4.98 Å². The van der Waals surface area contributed by atoms with Crippen LogP contribution in [0.3, 0.4) is 0 Å². The molecule has 0 fully saturated rings. The monoisotopic (exact) mass is 247 g/mol. The topological polar surface area (TPSA) is 70.3 Å². The van der Waals surface area contributed by atoms with E-state index in [1.165, 1.54) is 6.07 Å². The van der Waals surface area contributed by atoms with Crippen LogP contribution in [0.2, 0.25) is 0 Å². The molecule has 0 aliphatic rings. The molecule has 0 aliphatic heterocycles. The number of aryl methyl sites for hydroxylation is 1. The Labute approximate surface area is 106 Å².